The van der Waals surface area contributed by atoms with Crippen molar-refractivity contribution in [2.75, 3.05) is 6.61 Å². The molecule has 4 nitrogen and oxygen atoms in total. The summed E-state index contributed by atoms with van der Waals surface area (Å²) in [5.41, 5.74) is 0. The van der Waals surface area contributed by atoms with Gasteiger partial charge in [-0.3, -0.25) is 4.79 Å². The highest BCUT2D eigenvalue weighted by molar-refractivity contribution is 5.76. The number of allylic oxidation sites excluding steroid dienone is 1. The predicted octanol–water partition coefficient (Wildman–Crippen LogP) is 18.5. The van der Waals surface area contributed by atoms with Crippen LogP contribution in [0.3, 0.4) is 0 Å². The number of hydrogen-bond donors (Lipinski definition) is 3. The molecule has 4 heteroatoms. The molecule has 0 saturated heterocycles. The molecule has 0 rings (SSSR count). The van der Waals surface area contributed by atoms with Crippen LogP contribution in [0, 0.1) is 0 Å². The van der Waals surface area contributed by atoms with Crippen LogP contribution in [0.5, 0.6) is 0 Å². The summed E-state index contributed by atoms with van der Waals surface area (Å²) in [5.74, 6) is -0.0560. The van der Waals surface area contributed by atoms with Gasteiger partial charge in [0, 0.05) is 6.42 Å². The quantitative estimate of drug-likeness (QED) is 0.0421. The van der Waals surface area contributed by atoms with Gasteiger partial charge < -0.3 is 15.5 Å². The van der Waals surface area contributed by atoms with Gasteiger partial charge in [-0.1, -0.05) is 315 Å². The summed E-state index contributed by atoms with van der Waals surface area (Å²) >= 11 is 0. The van der Waals surface area contributed by atoms with Gasteiger partial charge >= 0.3 is 0 Å². The third-order valence-corrected chi connectivity index (χ3v) is 13.5. The first kappa shape index (κ1) is 60.1. The minimum absolute atomic E-state index is 0.0560. The summed E-state index contributed by atoms with van der Waals surface area (Å²) < 4.78 is 0. The average molecular weight is 861 g/mol. The zero-order chi connectivity index (χ0) is 44.2. The Bertz CT molecular complexity index is 844. The van der Waals surface area contributed by atoms with Crippen molar-refractivity contribution in [3.8, 4) is 0 Å². The Morgan fingerprint density at radius 3 is 0.852 bits per heavy atom. The van der Waals surface area contributed by atoms with Crippen LogP contribution in [-0.4, -0.2) is 34.9 Å². The second kappa shape index (κ2) is 53.5. The Labute approximate surface area is 384 Å². The van der Waals surface area contributed by atoms with Crippen molar-refractivity contribution < 1.29 is 15.0 Å². The average Bonchev–Trinajstić information content (AvgIpc) is 3.26. The van der Waals surface area contributed by atoms with Crippen molar-refractivity contribution in [1.82, 2.24) is 5.32 Å². The Morgan fingerprint density at radius 1 is 0.377 bits per heavy atom. The number of hydrogen-bond acceptors (Lipinski definition) is 3. The number of rotatable bonds is 53. The van der Waals surface area contributed by atoms with E-state index < -0.39 is 12.1 Å². The molecule has 0 aliphatic rings. The highest BCUT2D eigenvalue weighted by Crippen LogP contribution is 2.18. The molecule has 0 spiro atoms. The maximum Gasteiger partial charge on any atom is 0.220 e. The van der Waals surface area contributed by atoms with Gasteiger partial charge in [0.15, 0.2) is 0 Å². The fourth-order valence-corrected chi connectivity index (χ4v) is 9.18. The van der Waals surface area contributed by atoms with Crippen molar-refractivity contribution in [3.63, 3.8) is 0 Å². The Morgan fingerprint density at radius 2 is 0.607 bits per heavy atom. The van der Waals surface area contributed by atoms with Crippen molar-refractivity contribution in [2.45, 2.75) is 341 Å². The SMILES string of the molecule is CCCCCCCCCCCCCCCCC/C=C/C(O)C(CO)NC(=O)CCCCCCCCCCCCCCCCCCCCCCCCCCCCCCCCCC. The number of carbonyl (C=O) groups is 1. The normalized spacial score (nSPS) is 12.8. The van der Waals surface area contributed by atoms with Crippen LogP contribution in [0.2, 0.25) is 0 Å². The zero-order valence-corrected chi connectivity index (χ0v) is 42.0. The fourth-order valence-electron chi connectivity index (χ4n) is 9.18. The number of unbranched alkanes of at least 4 members (excludes halogenated alkanes) is 46. The van der Waals surface area contributed by atoms with E-state index in [9.17, 15) is 15.0 Å². The summed E-state index contributed by atoms with van der Waals surface area (Å²) in [6, 6.07) is -0.617. The van der Waals surface area contributed by atoms with Crippen LogP contribution in [-0.2, 0) is 4.79 Å². The molecule has 0 radical (unpaired) electrons. The van der Waals surface area contributed by atoms with Crippen molar-refractivity contribution in [1.29, 1.82) is 0 Å². The molecule has 0 aliphatic carbocycles. The lowest BCUT2D eigenvalue weighted by Crippen LogP contribution is -2.45. The van der Waals surface area contributed by atoms with Gasteiger partial charge in [-0.15, -0.1) is 0 Å². The van der Waals surface area contributed by atoms with Crippen molar-refractivity contribution in [2.24, 2.45) is 0 Å². The van der Waals surface area contributed by atoms with E-state index in [1.54, 1.807) is 6.08 Å². The van der Waals surface area contributed by atoms with Gasteiger partial charge in [-0.25, -0.2) is 0 Å². The number of nitrogens with one attached hydrogen (secondary N) is 1. The number of carbonyl (C=O) groups excluding carboxylic acids is 1. The van der Waals surface area contributed by atoms with Crippen LogP contribution >= 0.6 is 0 Å². The van der Waals surface area contributed by atoms with Crippen LogP contribution in [0.15, 0.2) is 12.2 Å². The first-order valence-electron chi connectivity index (χ1n) is 28.4. The van der Waals surface area contributed by atoms with Crippen LogP contribution in [0.25, 0.3) is 0 Å². The summed E-state index contributed by atoms with van der Waals surface area (Å²) in [4.78, 5) is 12.5. The lowest BCUT2D eigenvalue weighted by molar-refractivity contribution is -0.123. The van der Waals surface area contributed by atoms with Crippen molar-refractivity contribution >= 4 is 5.91 Å². The molecule has 0 bridgehead atoms. The van der Waals surface area contributed by atoms with Crippen LogP contribution < -0.4 is 5.32 Å². The zero-order valence-electron chi connectivity index (χ0n) is 42.0. The van der Waals surface area contributed by atoms with E-state index in [1.807, 2.05) is 6.08 Å². The van der Waals surface area contributed by atoms with Crippen molar-refractivity contribution in [3.05, 3.63) is 12.2 Å². The number of amides is 1. The number of aliphatic hydroxyl groups excluding tert-OH is 2. The standard InChI is InChI=1S/C57H113NO3/c1-3-5-7-9-11-13-15-17-19-21-22-23-24-25-26-27-28-29-30-31-32-33-34-35-37-39-41-43-45-47-49-51-53-57(61)58-55(54-59)56(60)52-50-48-46-44-42-40-38-36-20-18-16-14-12-10-8-6-4-2/h50,52,55-56,59-60H,3-49,51,53-54H2,1-2H3,(H,58,61)/b52-50+. The predicted molar refractivity (Wildman–Crippen MR) is 272 cm³/mol. The summed E-state index contributed by atoms with van der Waals surface area (Å²) in [6.45, 7) is 4.35. The fraction of sp³-hybridized carbons (Fsp3) is 0.947. The minimum Gasteiger partial charge on any atom is -0.394 e. The van der Waals surface area contributed by atoms with E-state index in [0.29, 0.717) is 6.42 Å². The first-order chi connectivity index (χ1) is 30.2. The van der Waals surface area contributed by atoms with Crippen LogP contribution in [0.4, 0.5) is 0 Å². The van der Waals surface area contributed by atoms with E-state index in [1.165, 1.54) is 283 Å². The molecule has 0 saturated carbocycles. The minimum atomic E-state index is -0.835. The summed E-state index contributed by atoms with van der Waals surface area (Å²) in [7, 11) is 0. The van der Waals surface area contributed by atoms with E-state index >= 15 is 0 Å². The van der Waals surface area contributed by atoms with Crippen LogP contribution in [0.1, 0.15) is 328 Å². The second-order valence-electron chi connectivity index (χ2n) is 19.7. The maximum absolute atomic E-state index is 12.5. The molecule has 2 atom stereocenters. The molecule has 0 aromatic rings. The molecule has 1 amide bonds. The largest absolute Gasteiger partial charge is 0.394 e. The Balaban J connectivity index is 3.40. The van der Waals surface area contributed by atoms with Gasteiger partial charge in [0.2, 0.25) is 5.91 Å². The molecule has 0 aromatic heterocycles. The molecule has 0 aromatic carbocycles. The topological polar surface area (TPSA) is 69.6 Å². The first-order valence-corrected chi connectivity index (χ1v) is 28.4. The molecule has 61 heavy (non-hydrogen) atoms. The maximum atomic E-state index is 12.5. The van der Waals surface area contributed by atoms with E-state index in [4.69, 9.17) is 0 Å². The lowest BCUT2D eigenvalue weighted by atomic mass is 10.0. The highest BCUT2D eigenvalue weighted by atomic mass is 16.3. The van der Waals surface area contributed by atoms with Gasteiger partial charge in [0.25, 0.3) is 0 Å². The number of aliphatic hydroxyl groups is 2. The smallest absolute Gasteiger partial charge is 0.220 e. The molecule has 0 heterocycles. The third kappa shape index (κ3) is 50.0. The molecule has 0 aliphatic heterocycles. The van der Waals surface area contributed by atoms with E-state index in [0.717, 1.165) is 25.7 Å². The molecule has 2 unspecified atom stereocenters. The molecule has 364 valence electrons. The Kier molecular flexibility index (Phi) is 52.7. The van der Waals surface area contributed by atoms with E-state index in [2.05, 4.69) is 19.2 Å². The Hall–Kier alpha value is -0.870. The summed E-state index contributed by atoms with van der Waals surface area (Å²) in [6.07, 6.45) is 69.6. The highest BCUT2D eigenvalue weighted by Gasteiger charge is 2.18. The molecular weight excluding hydrogens is 747 g/mol. The van der Waals surface area contributed by atoms with Gasteiger partial charge in [0.1, 0.15) is 0 Å². The molecule has 3 N–H and O–H groups in total. The van der Waals surface area contributed by atoms with E-state index in [-0.39, 0.29) is 12.5 Å². The van der Waals surface area contributed by atoms with Gasteiger partial charge in [0.05, 0.1) is 18.8 Å². The second-order valence-corrected chi connectivity index (χ2v) is 19.7. The third-order valence-electron chi connectivity index (χ3n) is 13.5. The van der Waals surface area contributed by atoms with Gasteiger partial charge in [-0.2, -0.15) is 0 Å². The summed E-state index contributed by atoms with van der Waals surface area (Å²) in [5, 5.41) is 23.1. The lowest BCUT2D eigenvalue weighted by Gasteiger charge is -2.20. The van der Waals surface area contributed by atoms with Gasteiger partial charge in [-0.05, 0) is 19.3 Å². The molecular formula is C57H113NO3. The molecule has 0 fully saturated rings. The monoisotopic (exact) mass is 860 g/mol.